The predicted octanol–water partition coefficient (Wildman–Crippen LogP) is 4.19. The Kier molecular flexibility index (Phi) is 6.24. The van der Waals surface area contributed by atoms with Crippen molar-refractivity contribution in [2.24, 2.45) is 0 Å². The quantitative estimate of drug-likeness (QED) is 0.487. The van der Waals surface area contributed by atoms with Gasteiger partial charge in [0.15, 0.2) is 0 Å². The summed E-state index contributed by atoms with van der Waals surface area (Å²) in [5.41, 5.74) is -0.875. The van der Waals surface area contributed by atoms with Gasteiger partial charge in [-0.3, -0.25) is 4.90 Å². The van der Waals surface area contributed by atoms with Crippen LogP contribution in [0.4, 0.5) is 23.2 Å². The minimum Gasteiger partial charge on any atom is -0.506 e. The Morgan fingerprint density at radius 1 is 1.11 bits per heavy atom. The number of hydrogen-bond acceptors (Lipinski definition) is 6. The van der Waals surface area contributed by atoms with Gasteiger partial charge in [0.25, 0.3) is 0 Å². The maximum Gasteiger partial charge on any atom is 0.418 e. The summed E-state index contributed by atoms with van der Waals surface area (Å²) in [6.45, 7) is 4.98. The maximum atomic E-state index is 13.9. The fraction of sp³-hybridized carbons (Fsp3) is 0.480. The summed E-state index contributed by atoms with van der Waals surface area (Å²) in [4.78, 5) is 8.28. The SMILES string of the molecule is CC1(O)CC(n2cnc3cc(OCCN4CCN(c5ccc(F)cc5O)CC4)cc(C(F)(F)F)c32)C1. The second kappa shape index (κ2) is 9.11. The van der Waals surface area contributed by atoms with Crippen LogP contribution >= 0.6 is 0 Å². The van der Waals surface area contributed by atoms with E-state index < -0.39 is 23.2 Å². The Morgan fingerprint density at radius 2 is 1.83 bits per heavy atom. The van der Waals surface area contributed by atoms with E-state index in [0.29, 0.717) is 51.3 Å². The number of ether oxygens (including phenoxy) is 1. The summed E-state index contributed by atoms with van der Waals surface area (Å²) in [6.07, 6.45) is -2.42. The molecule has 0 unspecified atom stereocenters. The van der Waals surface area contributed by atoms with Gasteiger partial charge in [-0.2, -0.15) is 13.2 Å². The lowest BCUT2D eigenvalue weighted by atomic mass is 9.77. The maximum absolute atomic E-state index is 13.9. The van der Waals surface area contributed by atoms with Crippen molar-refractivity contribution in [2.75, 3.05) is 44.2 Å². The first-order valence-electron chi connectivity index (χ1n) is 11.9. The van der Waals surface area contributed by atoms with Crippen LogP contribution in [0.15, 0.2) is 36.7 Å². The third-order valence-corrected chi connectivity index (χ3v) is 7.02. The highest BCUT2D eigenvalue weighted by molar-refractivity contribution is 5.82. The lowest BCUT2D eigenvalue weighted by Crippen LogP contribution is -2.47. The number of anilines is 1. The molecule has 0 radical (unpaired) electrons. The van der Waals surface area contributed by atoms with E-state index in [0.717, 1.165) is 12.1 Å². The topological polar surface area (TPSA) is 74.0 Å². The van der Waals surface area contributed by atoms with Crippen molar-refractivity contribution in [2.45, 2.75) is 37.6 Å². The molecule has 0 atom stereocenters. The Bertz CT molecular complexity index is 1240. The van der Waals surface area contributed by atoms with Crippen LogP contribution in [-0.2, 0) is 6.18 Å². The molecule has 1 aromatic heterocycles. The van der Waals surface area contributed by atoms with Crippen LogP contribution in [-0.4, -0.2) is 69.6 Å². The predicted molar refractivity (Wildman–Crippen MR) is 126 cm³/mol. The van der Waals surface area contributed by atoms with Gasteiger partial charge in [0.2, 0.25) is 0 Å². The van der Waals surface area contributed by atoms with Crippen LogP contribution in [0.25, 0.3) is 11.0 Å². The summed E-state index contributed by atoms with van der Waals surface area (Å²) in [7, 11) is 0. The molecule has 1 saturated carbocycles. The number of halogens is 4. The summed E-state index contributed by atoms with van der Waals surface area (Å²) in [6, 6.07) is 6.25. The van der Waals surface area contributed by atoms with Crippen molar-refractivity contribution < 1.29 is 32.5 Å². The molecule has 0 amide bonds. The van der Waals surface area contributed by atoms with Crippen molar-refractivity contribution in [3.63, 3.8) is 0 Å². The molecule has 2 aromatic carbocycles. The number of benzene rings is 2. The second-order valence-corrected chi connectivity index (χ2v) is 9.86. The van der Waals surface area contributed by atoms with Crippen LogP contribution in [0.1, 0.15) is 31.4 Å². The Labute approximate surface area is 205 Å². The highest BCUT2D eigenvalue weighted by Crippen LogP contribution is 2.45. The summed E-state index contributed by atoms with van der Waals surface area (Å²) in [5.74, 6) is -0.495. The van der Waals surface area contributed by atoms with Gasteiger partial charge in [0.05, 0.1) is 34.2 Å². The van der Waals surface area contributed by atoms with Gasteiger partial charge >= 0.3 is 6.18 Å². The number of fused-ring (bicyclic) bond motifs is 1. The average molecular weight is 509 g/mol. The third kappa shape index (κ3) is 4.94. The molecular formula is C25H28F4N4O3. The number of imidazole rings is 1. The number of alkyl halides is 3. The highest BCUT2D eigenvalue weighted by atomic mass is 19.4. The molecule has 36 heavy (non-hydrogen) atoms. The second-order valence-electron chi connectivity index (χ2n) is 9.86. The first-order valence-corrected chi connectivity index (χ1v) is 11.9. The number of hydrogen-bond donors (Lipinski definition) is 2. The standard InChI is InChI=1S/C25H28F4N4O3/c1-24(35)13-17(14-24)33-15-30-20-12-18(11-19(23(20)33)25(27,28)29)36-9-8-31-4-6-32(7-5-31)21-3-2-16(26)10-22(21)34/h2-3,10-12,15,17,34-35H,4-9,13-14H2,1H3. The molecule has 2 heterocycles. The average Bonchev–Trinajstić information content (AvgIpc) is 3.20. The van der Waals surface area contributed by atoms with Crippen molar-refractivity contribution >= 4 is 16.7 Å². The number of aromatic nitrogens is 2. The van der Waals surface area contributed by atoms with Crippen molar-refractivity contribution in [3.05, 3.63) is 48.0 Å². The molecule has 1 aliphatic heterocycles. The molecule has 0 bridgehead atoms. The minimum absolute atomic E-state index is 0.00974. The molecule has 0 spiro atoms. The minimum atomic E-state index is -4.58. The molecule has 2 fully saturated rings. The third-order valence-electron chi connectivity index (χ3n) is 7.02. The smallest absolute Gasteiger partial charge is 0.418 e. The van der Waals surface area contributed by atoms with Crippen molar-refractivity contribution in [1.29, 1.82) is 0 Å². The molecule has 194 valence electrons. The normalized spacial score (nSPS) is 23.2. The fourth-order valence-corrected chi connectivity index (χ4v) is 5.14. The van der Waals surface area contributed by atoms with Gasteiger partial charge < -0.3 is 24.4 Å². The largest absolute Gasteiger partial charge is 0.506 e. The lowest BCUT2D eigenvalue weighted by Gasteiger charge is -2.41. The number of aromatic hydroxyl groups is 1. The molecule has 1 aliphatic carbocycles. The lowest BCUT2D eigenvalue weighted by molar-refractivity contribution is -0.136. The van der Waals surface area contributed by atoms with Gasteiger partial charge in [-0.25, -0.2) is 9.37 Å². The Balaban J connectivity index is 1.22. The van der Waals surface area contributed by atoms with Crippen molar-refractivity contribution in [3.8, 4) is 11.5 Å². The zero-order chi connectivity index (χ0) is 25.7. The number of piperazine rings is 1. The number of nitrogens with zero attached hydrogens (tertiary/aromatic N) is 4. The van der Waals surface area contributed by atoms with Crippen LogP contribution in [0.5, 0.6) is 11.5 Å². The fourth-order valence-electron chi connectivity index (χ4n) is 5.14. The van der Waals surface area contributed by atoms with Gasteiger partial charge in [0.1, 0.15) is 23.9 Å². The monoisotopic (exact) mass is 508 g/mol. The van der Waals surface area contributed by atoms with Gasteiger partial charge in [-0.05, 0) is 38.0 Å². The molecule has 2 N–H and O–H groups in total. The number of phenolic OH excluding ortho intramolecular Hbond substituents is 1. The van der Waals surface area contributed by atoms with E-state index in [9.17, 15) is 27.8 Å². The molecule has 3 aromatic rings. The van der Waals surface area contributed by atoms with E-state index in [1.165, 1.54) is 23.0 Å². The van der Waals surface area contributed by atoms with Crippen LogP contribution < -0.4 is 9.64 Å². The molecule has 5 rings (SSSR count). The zero-order valence-electron chi connectivity index (χ0n) is 19.8. The van der Waals surface area contributed by atoms with Crippen LogP contribution in [0.3, 0.4) is 0 Å². The molecule has 2 aliphatic rings. The highest BCUT2D eigenvalue weighted by Gasteiger charge is 2.42. The van der Waals surface area contributed by atoms with Gasteiger partial charge in [-0.15, -0.1) is 0 Å². The van der Waals surface area contributed by atoms with E-state index in [4.69, 9.17) is 4.74 Å². The van der Waals surface area contributed by atoms with E-state index in [1.807, 2.05) is 4.90 Å². The first kappa shape index (κ1) is 24.6. The van der Waals surface area contributed by atoms with E-state index in [2.05, 4.69) is 9.88 Å². The van der Waals surface area contributed by atoms with Crippen LogP contribution in [0, 0.1) is 5.82 Å². The summed E-state index contributed by atoms with van der Waals surface area (Å²) >= 11 is 0. The first-order chi connectivity index (χ1) is 17.0. The zero-order valence-corrected chi connectivity index (χ0v) is 19.8. The van der Waals surface area contributed by atoms with Gasteiger partial charge in [-0.1, -0.05) is 0 Å². The molecular weight excluding hydrogens is 480 g/mol. The number of rotatable bonds is 6. The molecule has 11 heteroatoms. The Morgan fingerprint density at radius 3 is 2.47 bits per heavy atom. The molecule has 7 nitrogen and oxygen atoms in total. The van der Waals surface area contributed by atoms with E-state index in [1.54, 1.807) is 13.0 Å². The summed E-state index contributed by atoms with van der Waals surface area (Å²) in [5, 5.41) is 20.0. The van der Waals surface area contributed by atoms with Crippen molar-refractivity contribution in [1.82, 2.24) is 14.5 Å². The van der Waals surface area contributed by atoms with Gasteiger partial charge in [0, 0.05) is 50.9 Å². The number of aliphatic hydroxyl groups is 1. The van der Waals surface area contributed by atoms with E-state index in [-0.39, 0.29) is 35.2 Å². The van der Waals surface area contributed by atoms with Crippen LogP contribution in [0.2, 0.25) is 0 Å². The van der Waals surface area contributed by atoms with E-state index >= 15 is 0 Å². The Hall–Kier alpha value is -3.05. The number of phenols is 1. The summed E-state index contributed by atoms with van der Waals surface area (Å²) < 4.78 is 62.3. The molecule has 1 saturated heterocycles.